The first-order valence-corrected chi connectivity index (χ1v) is 15.0. The highest BCUT2D eigenvalue weighted by molar-refractivity contribution is 6.03. The zero-order valence-corrected chi connectivity index (χ0v) is 25.3. The molecule has 5 rings (SSSR count). The number of hydrogen-bond donors (Lipinski definition) is 2. The van der Waals surface area contributed by atoms with Gasteiger partial charge >= 0.3 is 6.09 Å². The van der Waals surface area contributed by atoms with E-state index >= 15 is 0 Å². The first-order valence-electron chi connectivity index (χ1n) is 15.0. The van der Waals surface area contributed by atoms with Crippen molar-refractivity contribution in [2.45, 2.75) is 99.0 Å². The lowest BCUT2D eigenvalue weighted by Gasteiger charge is -2.69. The fraction of sp³-hybridized carbons (Fsp3) is 0.758. The van der Waals surface area contributed by atoms with Crippen molar-refractivity contribution < 1.29 is 24.2 Å². The van der Waals surface area contributed by atoms with E-state index in [1.54, 1.807) is 0 Å². The van der Waals surface area contributed by atoms with Crippen LogP contribution in [0.1, 0.15) is 93.4 Å². The third kappa shape index (κ3) is 3.81. The number of allylic oxidation sites excluding steroid dienone is 4. The second-order valence-electron chi connectivity index (χ2n) is 15.4. The average molecular weight is 551 g/mol. The molecule has 5 aliphatic rings. The number of aliphatic hydroxyl groups excluding tert-OH is 1. The summed E-state index contributed by atoms with van der Waals surface area (Å²) in [4.78, 5) is 44.2. The maximum atomic E-state index is 14.5. The number of carbonyl (C=O) groups excluding carboxylic acids is 3. The summed E-state index contributed by atoms with van der Waals surface area (Å²) in [7, 11) is 0. The number of alkyl carbamates (subject to hydrolysis) is 1. The van der Waals surface area contributed by atoms with E-state index in [-0.39, 0.29) is 64.5 Å². The number of aliphatic hydroxyl groups is 1. The lowest BCUT2D eigenvalue weighted by molar-refractivity contribution is -0.161. The average Bonchev–Trinajstić information content (AvgIpc) is 2.87. The van der Waals surface area contributed by atoms with Crippen LogP contribution in [0.2, 0.25) is 0 Å². The number of rotatable bonds is 3. The van der Waals surface area contributed by atoms with Gasteiger partial charge < -0.3 is 20.0 Å². The topological polar surface area (TPSA) is 97.1 Å². The molecule has 218 valence electrons. The van der Waals surface area contributed by atoms with Crippen molar-refractivity contribution in [2.75, 3.05) is 13.2 Å². The lowest BCUT2D eigenvalue weighted by Crippen LogP contribution is -2.69. The minimum absolute atomic E-state index is 0.0181. The molecular formula is C33H46N2O5. The Hall–Kier alpha value is -2.46. The van der Waals surface area contributed by atoms with Crippen molar-refractivity contribution in [1.29, 1.82) is 0 Å². The minimum Gasteiger partial charge on any atom is -0.447 e. The highest BCUT2D eigenvalue weighted by atomic mass is 16.6. The molecule has 7 heteroatoms. The van der Waals surface area contributed by atoms with E-state index in [1.807, 2.05) is 26.0 Å². The second kappa shape index (κ2) is 9.02. The molecule has 0 radical (unpaired) electrons. The molecule has 0 unspecified atom stereocenters. The largest absolute Gasteiger partial charge is 0.447 e. The van der Waals surface area contributed by atoms with Crippen LogP contribution in [0.5, 0.6) is 0 Å². The van der Waals surface area contributed by atoms with Crippen LogP contribution in [0.25, 0.3) is 4.85 Å². The fourth-order valence-corrected chi connectivity index (χ4v) is 10.2. The van der Waals surface area contributed by atoms with Crippen LogP contribution in [0, 0.1) is 51.4 Å². The van der Waals surface area contributed by atoms with E-state index in [1.165, 1.54) is 0 Å². The first kappa shape index (κ1) is 29.0. The van der Waals surface area contributed by atoms with Gasteiger partial charge in [-0.15, -0.1) is 0 Å². The molecule has 40 heavy (non-hydrogen) atoms. The summed E-state index contributed by atoms with van der Waals surface area (Å²) < 4.78 is 5.25. The predicted molar refractivity (Wildman–Crippen MR) is 152 cm³/mol. The van der Waals surface area contributed by atoms with E-state index in [0.717, 1.165) is 50.5 Å². The van der Waals surface area contributed by atoms with Crippen molar-refractivity contribution in [1.82, 2.24) is 5.32 Å². The number of ether oxygens (including phenoxy) is 1. The third-order valence-corrected chi connectivity index (χ3v) is 12.5. The summed E-state index contributed by atoms with van der Waals surface area (Å²) >= 11 is 0. The Morgan fingerprint density at radius 2 is 1.75 bits per heavy atom. The fourth-order valence-electron chi connectivity index (χ4n) is 10.2. The molecule has 0 aromatic heterocycles. The second-order valence-corrected chi connectivity index (χ2v) is 15.4. The van der Waals surface area contributed by atoms with Crippen molar-refractivity contribution >= 4 is 17.7 Å². The van der Waals surface area contributed by atoms with Gasteiger partial charge in [0, 0.05) is 22.3 Å². The molecule has 0 spiro atoms. The zero-order chi connectivity index (χ0) is 29.5. The van der Waals surface area contributed by atoms with Gasteiger partial charge in [-0.1, -0.05) is 60.1 Å². The molecule has 0 aliphatic heterocycles. The van der Waals surface area contributed by atoms with Gasteiger partial charge in [0.1, 0.15) is 6.61 Å². The molecule has 2 N–H and O–H groups in total. The molecule has 1 amide bonds. The van der Waals surface area contributed by atoms with Gasteiger partial charge in [0.05, 0.1) is 13.2 Å². The van der Waals surface area contributed by atoms with Gasteiger partial charge in [0.2, 0.25) is 5.70 Å². The number of nitrogens with zero attached hydrogens (tertiary/aromatic N) is 1. The van der Waals surface area contributed by atoms with E-state index in [0.29, 0.717) is 0 Å². The van der Waals surface area contributed by atoms with E-state index in [9.17, 15) is 14.4 Å². The quantitative estimate of drug-likeness (QED) is 0.418. The number of Topliss-reactive ketones (excluding diaryl/α,β-unsaturated/α-hetero) is 1. The molecule has 3 fully saturated rings. The van der Waals surface area contributed by atoms with Gasteiger partial charge in [-0.25, -0.2) is 9.64 Å². The van der Waals surface area contributed by atoms with Crippen LogP contribution in [0.3, 0.4) is 0 Å². The molecule has 7 nitrogen and oxygen atoms in total. The Labute approximate surface area is 239 Å². The van der Waals surface area contributed by atoms with Gasteiger partial charge in [-0.05, 0) is 79.1 Å². The van der Waals surface area contributed by atoms with Gasteiger partial charge in [-0.3, -0.25) is 4.79 Å². The number of nitrogens with one attached hydrogen (secondary N) is 1. The third-order valence-electron chi connectivity index (χ3n) is 12.5. The number of amides is 1. The molecular weight excluding hydrogens is 504 g/mol. The summed E-state index contributed by atoms with van der Waals surface area (Å²) in [6.45, 7) is 22.7. The minimum atomic E-state index is -0.680. The Morgan fingerprint density at radius 1 is 1.07 bits per heavy atom. The van der Waals surface area contributed by atoms with Crippen LogP contribution < -0.4 is 5.32 Å². The Morgan fingerprint density at radius 3 is 2.40 bits per heavy atom. The SMILES string of the molecule is [C-]#[N+]C1=C[C@]2(C)C3=CC(=O)[C@@H]4[C@@H]5CC(C)(C)CC[C@]5(NC(=O)OCCO)CC[C@@]4(C)[C@]3(C)CC[C@H]2C(C)(C)C1=O. The smallest absolute Gasteiger partial charge is 0.407 e. The summed E-state index contributed by atoms with van der Waals surface area (Å²) in [6, 6.07) is 0. The molecule has 7 atom stereocenters. The summed E-state index contributed by atoms with van der Waals surface area (Å²) in [5.74, 6) is -0.254. The molecule has 0 saturated heterocycles. The maximum absolute atomic E-state index is 14.5. The Kier molecular flexibility index (Phi) is 6.55. The molecule has 5 aliphatic carbocycles. The Bertz CT molecular complexity index is 1260. The van der Waals surface area contributed by atoms with Crippen LogP contribution in [0.4, 0.5) is 4.79 Å². The Balaban J connectivity index is 1.63. The molecule has 0 heterocycles. The van der Waals surface area contributed by atoms with Crippen molar-refractivity contribution in [3.63, 3.8) is 0 Å². The van der Waals surface area contributed by atoms with Gasteiger partial charge in [-0.2, -0.15) is 0 Å². The molecule has 3 saturated carbocycles. The number of ketones is 2. The first-order chi connectivity index (χ1) is 18.5. The van der Waals surface area contributed by atoms with E-state index in [2.05, 4.69) is 44.8 Å². The van der Waals surface area contributed by atoms with Crippen LogP contribution in [-0.2, 0) is 14.3 Å². The summed E-state index contributed by atoms with van der Waals surface area (Å²) in [5, 5.41) is 12.4. The highest BCUT2D eigenvalue weighted by Gasteiger charge is 2.70. The maximum Gasteiger partial charge on any atom is 0.407 e. The molecule has 0 aromatic rings. The summed E-state index contributed by atoms with van der Waals surface area (Å²) in [5.41, 5.74) is -1.07. The number of hydrogen-bond acceptors (Lipinski definition) is 5. The van der Waals surface area contributed by atoms with E-state index in [4.69, 9.17) is 16.4 Å². The number of carbonyl (C=O) groups is 3. The number of fused-ring (bicyclic) bond motifs is 7. The molecule has 0 aromatic carbocycles. The van der Waals surface area contributed by atoms with Crippen molar-refractivity contribution in [3.8, 4) is 0 Å². The summed E-state index contributed by atoms with van der Waals surface area (Å²) in [6.07, 6.45) is 9.12. The van der Waals surface area contributed by atoms with E-state index < -0.39 is 22.5 Å². The van der Waals surface area contributed by atoms with Crippen LogP contribution in [-0.4, -0.2) is 41.5 Å². The van der Waals surface area contributed by atoms with Gasteiger partial charge in [0.15, 0.2) is 11.6 Å². The standard InChI is InChI=1S/C33H46N2O5/c1-28(2)11-13-33(35-27(39)40-16-15-36)14-12-32(7)25(20(33)18-28)22(37)17-24-30(5)19-21(34-8)26(38)29(3,4)23(30)9-10-31(24,32)6/h17,19-20,23,25,36H,9-16,18H2,1-7H3,(H,35,39)/t20-,23-,25-,30-,31+,32+,33-/m0/s1. The predicted octanol–water partition coefficient (Wildman–Crippen LogP) is 6.03. The molecule has 0 bridgehead atoms. The van der Waals surface area contributed by atoms with Crippen molar-refractivity contribution in [3.05, 3.63) is 34.8 Å². The highest BCUT2D eigenvalue weighted by Crippen LogP contribution is 2.73. The normalized spacial score (nSPS) is 43.0. The lowest BCUT2D eigenvalue weighted by atomic mass is 9.35. The monoisotopic (exact) mass is 550 g/mol. The van der Waals surface area contributed by atoms with Crippen LogP contribution >= 0.6 is 0 Å². The van der Waals surface area contributed by atoms with Crippen LogP contribution in [0.15, 0.2) is 23.4 Å². The zero-order valence-electron chi connectivity index (χ0n) is 25.3. The van der Waals surface area contributed by atoms with Crippen molar-refractivity contribution in [2.24, 2.45) is 44.8 Å². The van der Waals surface area contributed by atoms with Gasteiger partial charge in [0.25, 0.3) is 0 Å².